The van der Waals surface area contributed by atoms with Gasteiger partial charge in [-0.2, -0.15) is 13.2 Å². The van der Waals surface area contributed by atoms with Crippen LogP contribution in [-0.4, -0.2) is 25.3 Å². The van der Waals surface area contributed by atoms with Gasteiger partial charge in [0.1, 0.15) is 6.54 Å². The van der Waals surface area contributed by atoms with Gasteiger partial charge in [0, 0.05) is 16.8 Å². The minimum absolute atomic E-state index is 0.0309. The van der Waals surface area contributed by atoms with Crippen molar-refractivity contribution in [2.24, 2.45) is 5.73 Å². The molecule has 1 aliphatic carbocycles. The lowest BCUT2D eigenvalue weighted by Crippen LogP contribution is -2.36. The second-order valence-corrected chi connectivity index (χ2v) is 5.16. The van der Waals surface area contributed by atoms with Gasteiger partial charge in [-0.05, 0) is 43.5 Å². The number of benzene rings is 1. The molecule has 0 bridgehead atoms. The van der Waals surface area contributed by atoms with Crippen molar-refractivity contribution in [1.29, 1.82) is 0 Å². The normalized spacial score (nSPS) is 15.6. The first kappa shape index (κ1) is 14.5. The van der Waals surface area contributed by atoms with Crippen LogP contribution in [0.1, 0.15) is 18.4 Å². The first-order valence-electron chi connectivity index (χ1n) is 6.23. The van der Waals surface area contributed by atoms with Crippen LogP contribution in [0, 0.1) is 0 Å². The molecule has 0 spiro atoms. The molecule has 0 unspecified atom stereocenters. The number of alkyl halides is 3. The molecule has 19 heavy (non-hydrogen) atoms. The number of hydrogen-bond donors (Lipinski definition) is 1. The summed E-state index contributed by atoms with van der Waals surface area (Å²) < 4.78 is 38.1. The average Bonchev–Trinajstić information content (AvgIpc) is 3.12. The average molecular weight is 293 g/mol. The molecular weight excluding hydrogens is 277 g/mol. The maximum absolute atomic E-state index is 12.7. The van der Waals surface area contributed by atoms with E-state index in [0.717, 1.165) is 12.8 Å². The van der Waals surface area contributed by atoms with Crippen molar-refractivity contribution in [2.75, 3.05) is 18.0 Å². The van der Waals surface area contributed by atoms with E-state index in [2.05, 4.69) is 0 Å². The highest BCUT2D eigenvalue weighted by Crippen LogP contribution is 2.38. The fourth-order valence-electron chi connectivity index (χ4n) is 2.20. The fraction of sp³-hybridized carbons (Fsp3) is 0.538. The van der Waals surface area contributed by atoms with Crippen LogP contribution in [0.4, 0.5) is 18.9 Å². The van der Waals surface area contributed by atoms with Crippen LogP contribution in [0.3, 0.4) is 0 Å². The zero-order valence-electron chi connectivity index (χ0n) is 10.4. The van der Waals surface area contributed by atoms with Gasteiger partial charge in [-0.1, -0.05) is 17.7 Å². The van der Waals surface area contributed by atoms with Gasteiger partial charge in [-0.15, -0.1) is 0 Å². The molecule has 2 nitrogen and oxygen atoms in total. The minimum Gasteiger partial charge on any atom is -0.359 e. The van der Waals surface area contributed by atoms with Crippen molar-refractivity contribution in [3.05, 3.63) is 28.8 Å². The van der Waals surface area contributed by atoms with Gasteiger partial charge >= 0.3 is 6.18 Å². The lowest BCUT2D eigenvalue weighted by molar-refractivity contribution is -0.120. The third-order valence-electron chi connectivity index (χ3n) is 3.14. The van der Waals surface area contributed by atoms with Gasteiger partial charge in [-0.3, -0.25) is 0 Å². The summed E-state index contributed by atoms with van der Waals surface area (Å²) in [5, 5.41) is 0.482. The zero-order chi connectivity index (χ0) is 14.0. The molecule has 2 N–H and O–H groups in total. The molecule has 0 heterocycles. The quantitative estimate of drug-likeness (QED) is 0.901. The SMILES string of the molecule is NCCc1c(Cl)cccc1N(CC(F)(F)F)C1CC1. The predicted octanol–water partition coefficient (Wildman–Crippen LogP) is 3.37. The van der Waals surface area contributed by atoms with E-state index in [9.17, 15) is 13.2 Å². The third-order valence-corrected chi connectivity index (χ3v) is 3.49. The maximum atomic E-state index is 12.7. The Balaban J connectivity index is 2.33. The molecule has 1 aliphatic rings. The molecular formula is C13H16ClF3N2. The van der Waals surface area contributed by atoms with Gasteiger partial charge in [0.15, 0.2) is 0 Å². The Bertz CT molecular complexity index is 444. The van der Waals surface area contributed by atoms with E-state index < -0.39 is 12.7 Å². The number of rotatable bonds is 5. The highest BCUT2D eigenvalue weighted by atomic mass is 35.5. The number of halogens is 4. The number of nitrogens with two attached hydrogens (primary N) is 1. The van der Waals surface area contributed by atoms with Crippen LogP contribution >= 0.6 is 11.6 Å². The molecule has 0 radical (unpaired) electrons. The molecule has 106 valence electrons. The van der Waals surface area contributed by atoms with Crippen molar-refractivity contribution >= 4 is 17.3 Å². The summed E-state index contributed by atoms with van der Waals surface area (Å²) in [6.07, 6.45) is -2.14. The van der Waals surface area contributed by atoms with Crippen molar-refractivity contribution in [1.82, 2.24) is 0 Å². The largest absolute Gasteiger partial charge is 0.405 e. The van der Waals surface area contributed by atoms with Gasteiger partial charge in [-0.25, -0.2) is 0 Å². The zero-order valence-corrected chi connectivity index (χ0v) is 11.1. The van der Waals surface area contributed by atoms with Crippen LogP contribution in [0.15, 0.2) is 18.2 Å². The van der Waals surface area contributed by atoms with Crippen LogP contribution in [0.5, 0.6) is 0 Å². The Hall–Kier alpha value is -0.940. The standard InChI is InChI=1S/C13H16ClF3N2/c14-11-2-1-3-12(10(11)6-7-18)19(9-4-5-9)8-13(15,16)17/h1-3,9H,4-8,18H2. The Morgan fingerprint density at radius 1 is 1.32 bits per heavy atom. The fourth-order valence-corrected chi connectivity index (χ4v) is 2.46. The summed E-state index contributed by atoms with van der Waals surface area (Å²) in [5.74, 6) is 0. The Morgan fingerprint density at radius 3 is 2.53 bits per heavy atom. The summed E-state index contributed by atoms with van der Waals surface area (Å²) in [6, 6.07) is 5.04. The van der Waals surface area contributed by atoms with Crippen LogP contribution < -0.4 is 10.6 Å². The van der Waals surface area contributed by atoms with E-state index in [1.807, 2.05) is 0 Å². The predicted molar refractivity (Wildman–Crippen MR) is 70.6 cm³/mol. The van der Waals surface area contributed by atoms with Crippen LogP contribution in [0.2, 0.25) is 5.02 Å². The van der Waals surface area contributed by atoms with Crippen molar-refractivity contribution in [3.8, 4) is 0 Å². The van der Waals surface area contributed by atoms with E-state index >= 15 is 0 Å². The first-order chi connectivity index (χ1) is 8.92. The van der Waals surface area contributed by atoms with Gasteiger partial charge < -0.3 is 10.6 Å². The molecule has 0 atom stereocenters. The molecule has 0 saturated heterocycles. The third kappa shape index (κ3) is 3.76. The highest BCUT2D eigenvalue weighted by molar-refractivity contribution is 6.31. The lowest BCUT2D eigenvalue weighted by Gasteiger charge is -2.28. The summed E-state index contributed by atoms with van der Waals surface area (Å²) in [4.78, 5) is 1.41. The molecule has 6 heteroatoms. The monoisotopic (exact) mass is 292 g/mol. The van der Waals surface area contributed by atoms with E-state index in [-0.39, 0.29) is 6.04 Å². The molecule has 1 saturated carbocycles. The Morgan fingerprint density at radius 2 is 2.00 bits per heavy atom. The summed E-state index contributed by atoms with van der Waals surface area (Å²) >= 11 is 6.09. The van der Waals surface area contributed by atoms with Crippen molar-refractivity contribution < 1.29 is 13.2 Å². The maximum Gasteiger partial charge on any atom is 0.405 e. The number of nitrogens with zero attached hydrogens (tertiary/aromatic N) is 1. The second kappa shape index (κ2) is 5.59. The van der Waals surface area contributed by atoms with E-state index in [4.69, 9.17) is 17.3 Å². The van der Waals surface area contributed by atoms with Crippen LogP contribution in [-0.2, 0) is 6.42 Å². The molecule has 1 fully saturated rings. The summed E-state index contributed by atoms with van der Waals surface area (Å²) in [7, 11) is 0. The molecule has 1 aromatic carbocycles. The van der Waals surface area contributed by atoms with E-state index in [1.54, 1.807) is 18.2 Å². The second-order valence-electron chi connectivity index (χ2n) is 4.75. The smallest absolute Gasteiger partial charge is 0.359 e. The molecule has 0 aliphatic heterocycles. The van der Waals surface area contributed by atoms with Gasteiger partial charge in [0.25, 0.3) is 0 Å². The van der Waals surface area contributed by atoms with Gasteiger partial charge in [0.2, 0.25) is 0 Å². The van der Waals surface area contributed by atoms with Crippen molar-refractivity contribution in [2.45, 2.75) is 31.5 Å². The highest BCUT2D eigenvalue weighted by Gasteiger charge is 2.39. The van der Waals surface area contributed by atoms with Crippen molar-refractivity contribution in [3.63, 3.8) is 0 Å². The summed E-state index contributed by atoms with van der Waals surface area (Å²) in [6.45, 7) is -0.573. The minimum atomic E-state index is -4.22. The molecule has 0 aromatic heterocycles. The number of anilines is 1. The van der Waals surface area contributed by atoms with E-state index in [1.165, 1.54) is 4.90 Å². The summed E-state index contributed by atoms with van der Waals surface area (Å²) in [5.41, 5.74) is 6.80. The molecule has 0 amide bonds. The topological polar surface area (TPSA) is 29.3 Å². The van der Waals surface area contributed by atoms with Gasteiger partial charge in [0.05, 0.1) is 0 Å². The first-order valence-corrected chi connectivity index (χ1v) is 6.61. The van der Waals surface area contributed by atoms with E-state index in [0.29, 0.717) is 29.2 Å². The Labute approximate surface area is 115 Å². The van der Waals surface area contributed by atoms with Crippen LogP contribution in [0.25, 0.3) is 0 Å². The molecule has 1 aromatic rings. The lowest BCUT2D eigenvalue weighted by atomic mass is 10.1. The molecule has 2 rings (SSSR count). The number of hydrogen-bond acceptors (Lipinski definition) is 2. The Kier molecular flexibility index (Phi) is 4.26.